The SMILES string of the molecule is CCCN1CCN(Cc2nccn2C)[C@H]2CS(=O)(=O)C[C@H]21. The first-order valence-corrected chi connectivity index (χ1v) is 9.47. The van der Waals surface area contributed by atoms with Gasteiger partial charge in [0.15, 0.2) is 9.84 Å². The van der Waals surface area contributed by atoms with Crippen molar-refractivity contribution in [2.45, 2.75) is 32.0 Å². The molecule has 7 heteroatoms. The van der Waals surface area contributed by atoms with Gasteiger partial charge in [0.1, 0.15) is 5.82 Å². The average Bonchev–Trinajstić information content (AvgIpc) is 2.96. The Morgan fingerprint density at radius 3 is 2.52 bits per heavy atom. The van der Waals surface area contributed by atoms with E-state index in [1.54, 1.807) is 6.20 Å². The van der Waals surface area contributed by atoms with Gasteiger partial charge in [-0.1, -0.05) is 6.92 Å². The van der Waals surface area contributed by atoms with Crippen LogP contribution in [0.5, 0.6) is 0 Å². The van der Waals surface area contributed by atoms with Gasteiger partial charge < -0.3 is 4.57 Å². The van der Waals surface area contributed by atoms with Crippen molar-refractivity contribution < 1.29 is 8.42 Å². The summed E-state index contributed by atoms with van der Waals surface area (Å²) in [6, 6.07) is 0.274. The van der Waals surface area contributed by atoms with Crippen molar-refractivity contribution in [1.82, 2.24) is 19.4 Å². The van der Waals surface area contributed by atoms with Crippen LogP contribution in [0.15, 0.2) is 12.4 Å². The number of hydrogen-bond acceptors (Lipinski definition) is 5. The number of hydrogen-bond donors (Lipinski definition) is 0. The van der Waals surface area contributed by atoms with E-state index >= 15 is 0 Å². The van der Waals surface area contributed by atoms with Crippen LogP contribution < -0.4 is 0 Å². The fourth-order valence-corrected chi connectivity index (χ4v) is 5.63. The molecule has 0 bridgehead atoms. The zero-order valence-electron chi connectivity index (χ0n) is 12.8. The summed E-state index contributed by atoms with van der Waals surface area (Å²) in [5.41, 5.74) is 0. The van der Waals surface area contributed by atoms with Crippen LogP contribution in [0.1, 0.15) is 19.2 Å². The van der Waals surface area contributed by atoms with Gasteiger partial charge >= 0.3 is 0 Å². The molecule has 0 unspecified atom stereocenters. The van der Waals surface area contributed by atoms with E-state index in [9.17, 15) is 8.42 Å². The molecule has 6 nitrogen and oxygen atoms in total. The molecule has 0 aromatic carbocycles. The molecule has 0 spiro atoms. The van der Waals surface area contributed by atoms with E-state index in [-0.39, 0.29) is 12.1 Å². The van der Waals surface area contributed by atoms with E-state index in [1.165, 1.54) is 0 Å². The minimum Gasteiger partial charge on any atom is -0.337 e. The Hall–Kier alpha value is -0.920. The molecule has 2 aliphatic rings. The summed E-state index contributed by atoms with van der Waals surface area (Å²) in [7, 11) is -0.928. The highest BCUT2D eigenvalue weighted by Crippen LogP contribution is 2.28. The van der Waals surface area contributed by atoms with Crippen LogP contribution in [0.4, 0.5) is 0 Å². The second-order valence-corrected chi connectivity index (χ2v) is 8.33. The molecule has 2 aliphatic heterocycles. The Bertz CT molecular complexity index is 598. The molecular weight excluding hydrogens is 288 g/mol. The number of fused-ring (bicyclic) bond motifs is 1. The van der Waals surface area contributed by atoms with Gasteiger partial charge in [0, 0.05) is 44.6 Å². The van der Waals surface area contributed by atoms with Crippen molar-refractivity contribution in [2.24, 2.45) is 7.05 Å². The van der Waals surface area contributed by atoms with Crippen LogP contribution in [0.3, 0.4) is 0 Å². The van der Waals surface area contributed by atoms with Crippen molar-refractivity contribution in [3.63, 3.8) is 0 Å². The topological polar surface area (TPSA) is 58.4 Å². The molecule has 21 heavy (non-hydrogen) atoms. The largest absolute Gasteiger partial charge is 0.337 e. The minimum atomic E-state index is -2.91. The maximum absolute atomic E-state index is 12.1. The van der Waals surface area contributed by atoms with Gasteiger partial charge in [-0.25, -0.2) is 13.4 Å². The van der Waals surface area contributed by atoms with Crippen molar-refractivity contribution in [1.29, 1.82) is 0 Å². The Kier molecular flexibility index (Phi) is 4.07. The molecule has 3 heterocycles. The highest BCUT2D eigenvalue weighted by molar-refractivity contribution is 7.91. The minimum absolute atomic E-state index is 0.118. The predicted octanol–water partition coefficient (Wildman–Crippen LogP) is 0.113. The molecule has 0 radical (unpaired) electrons. The summed E-state index contributed by atoms with van der Waals surface area (Å²) < 4.78 is 26.2. The standard InChI is InChI=1S/C14H24N4O2S/c1-3-5-17-7-8-18(9-14-15-4-6-16(14)2)13-11-21(19,20)10-12(13)17/h4,6,12-13H,3,5,7-11H2,1-2H3/t12-,13+/m1/s1. The molecule has 0 saturated carbocycles. The maximum atomic E-state index is 12.1. The van der Waals surface area contributed by atoms with Crippen LogP contribution >= 0.6 is 0 Å². The van der Waals surface area contributed by atoms with Crippen molar-refractivity contribution in [3.8, 4) is 0 Å². The third-order valence-electron chi connectivity index (χ3n) is 4.68. The molecule has 2 atom stereocenters. The summed E-state index contributed by atoms with van der Waals surface area (Å²) in [4.78, 5) is 9.05. The fraction of sp³-hybridized carbons (Fsp3) is 0.786. The van der Waals surface area contributed by atoms with E-state index in [4.69, 9.17) is 0 Å². The molecule has 0 aliphatic carbocycles. The molecular formula is C14H24N4O2S. The smallest absolute Gasteiger partial charge is 0.153 e. The first kappa shape index (κ1) is 15.0. The lowest BCUT2D eigenvalue weighted by Gasteiger charge is -2.43. The normalized spacial score (nSPS) is 29.6. The van der Waals surface area contributed by atoms with Crippen molar-refractivity contribution in [2.75, 3.05) is 31.1 Å². The highest BCUT2D eigenvalue weighted by atomic mass is 32.2. The first-order chi connectivity index (χ1) is 10.00. The summed E-state index contributed by atoms with van der Waals surface area (Å²) in [5, 5.41) is 0. The van der Waals surface area contributed by atoms with Crippen molar-refractivity contribution >= 4 is 9.84 Å². The molecule has 2 saturated heterocycles. The summed E-state index contributed by atoms with van der Waals surface area (Å²) in [6.07, 6.45) is 4.81. The van der Waals surface area contributed by atoms with Gasteiger partial charge in [-0.05, 0) is 13.0 Å². The van der Waals surface area contributed by atoms with Crippen LogP contribution in [0, 0.1) is 0 Å². The first-order valence-electron chi connectivity index (χ1n) is 7.65. The third-order valence-corrected chi connectivity index (χ3v) is 6.38. The Labute approximate surface area is 126 Å². The van der Waals surface area contributed by atoms with Gasteiger partial charge in [0.05, 0.1) is 18.1 Å². The average molecular weight is 312 g/mol. The van der Waals surface area contributed by atoms with Gasteiger partial charge in [0.25, 0.3) is 0 Å². The Balaban J connectivity index is 1.79. The predicted molar refractivity (Wildman–Crippen MR) is 81.7 cm³/mol. The number of nitrogens with zero attached hydrogens (tertiary/aromatic N) is 4. The summed E-state index contributed by atoms with van der Waals surface area (Å²) >= 11 is 0. The Morgan fingerprint density at radius 1 is 1.24 bits per heavy atom. The second kappa shape index (κ2) is 5.70. The maximum Gasteiger partial charge on any atom is 0.153 e. The number of aromatic nitrogens is 2. The molecule has 1 aromatic rings. The zero-order chi connectivity index (χ0) is 15.0. The van der Waals surface area contributed by atoms with Gasteiger partial charge in [-0.3, -0.25) is 9.80 Å². The lowest BCUT2D eigenvalue weighted by atomic mass is 10.0. The van der Waals surface area contributed by atoms with Crippen LogP contribution in [-0.2, 0) is 23.4 Å². The van der Waals surface area contributed by atoms with E-state index in [1.807, 2.05) is 17.8 Å². The Morgan fingerprint density at radius 2 is 1.90 bits per heavy atom. The molecule has 0 amide bonds. The number of imidazole rings is 1. The van der Waals surface area contributed by atoms with E-state index in [2.05, 4.69) is 21.7 Å². The summed E-state index contributed by atoms with van der Waals surface area (Å²) in [6.45, 7) is 5.75. The van der Waals surface area contributed by atoms with Crippen LogP contribution in [0.2, 0.25) is 0 Å². The zero-order valence-corrected chi connectivity index (χ0v) is 13.6. The summed E-state index contributed by atoms with van der Waals surface area (Å²) in [5.74, 6) is 1.61. The van der Waals surface area contributed by atoms with E-state index < -0.39 is 9.84 Å². The fourth-order valence-electron chi connectivity index (χ4n) is 3.59. The van der Waals surface area contributed by atoms with E-state index in [0.29, 0.717) is 11.5 Å². The van der Waals surface area contributed by atoms with Gasteiger partial charge in [0.2, 0.25) is 0 Å². The molecule has 3 rings (SSSR count). The van der Waals surface area contributed by atoms with Crippen LogP contribution in [0.25, 0.3) is 0 Å². The number of aryl methyl sites for hydroxylation is 1. The number of sulfone groups is 1. The number of piperazine rings is 1. The quantitative estimate of drug-likeness (QED) is 0.790. The van der Waals surface area contributed by atoms with Crippen LogP contribution in [-0.4, -0.2) is 71.0 Å². The molecule has 0 N–H and O–H groups in total. The van der Waals surface area contributed by atoms with Gasteiger partial charge in [-0.15, -0.1) is 0 Å². The van der Waals surface area contributed by atoms with Crippen molar-refractivity contribution in [3.05, 3.63) is 18.2 Å². The lowest BCUT2D eigenvalue weighted by Crippen LogP contribution is -2.58. The number of rotatable bonds is 4. The molecule has 118 valence electrons. The van der Waals surface area contributed by atoms with E-state index in [0.717, 1.165) is 38.4 Å². The lowest BCUT2D eigenvalue weighted by molar-refractivity contribution is 0.0385. The molecule has 2 fully saturated rings. The third kappa shape index (κ3) is 3.00. The molecule has 1 aromatic heterocycles. The second-order valence-electron chi connectivity index (χ2n) is 6.17. The highest BCUT2D eigenvalue weighted by Gasteiger charge is 2.46. The van der Waals surface area contributed by atoms with Gasteiger partial charge in [-0.2, -0.15) is 0 Å². The monoisotopic (exact) mass is 312 g/mol.